The highest BCUT2D eigenvalue weighted by Gasteiger charge is 2.27. The second kappa shape index (κ2) is 6.29. The number of Topliss-reactive ketones (excluding diaryl/α,β-unsaturated/α-hetero) is 1. The molecular formula is C11H9BrF4O2. The SMILES string of the molecule is O=C(COCC(F)(F)F)Cc1ccc(F)cc1Br. The molecule has 0 N–H and O–H groups in total. The fraction of sp³-hybridized carbons (Fsp3) is 0.364. The Kier molecular flexibility index (Phi) is 5.28. The van der Waals surface area contributed by atoms with Gasteiger partial charge in [0.15, 0.2) is 5.78 Å². The molecular weight excluding hydrogens is 320 g/mol. The van der Waals surface area contributed by atoms with E-state index in [2.05, 4.69) is 20.7 Å². The van der Waals surface area contributed by atoms with Gasteiger partial charge in [-0.25, -0.2) is 4.39 Å². The second-order valence-electron chi connectivity index (χ2n) is 3.56. The highest BCUT2D eigenvalue weighted by atomic mass is 79.9. The first-order valence-electron chi connectivity index (χ1n) is 4.88. The third kappa shape index (κ3) is 5.59. The summed E-state index contributed by atoms with van der Waals surface area (Å²) < 4.78 is 52.6. The van der Waals surface area contributed by atoms with Crippen molar-refractivity contribution < 1.29 is 27.1 Å². The zero-order valence-corrected chi connectivity index (χ0v) is 10.6. The van der Waals surface area contributed by atoms with E-state index >= 15 is 0 Å². The highest BCUT2D eigenvalue weighted by molar-refractivity contribution is 9.10. The van der Waals surface area contributed by atoms with Crippen LogP contribution in [0.25, 0.3) is 0 Å². The van der Waals surface area contributed by atoms with Crippen LogP contribution in [-0.4, -0.2) is 25.2 Å². The Labute approximate surface area is 109 Å². The minimum atomic E-state index is -4.45. The Balaban J connectivity index is 2.45. The Morgan fingerprint density at radius 2 is 2.00 bits per heavy atom. The molecule has 0 fully saturated rings. The van der Waals surface area contributed by atoms with E-state index in [0.717, 1.165) is 0 Å². The van der Waals surface area contributed by atoms with E-state index in [4.69, 9.17) is 0 Å². The molecule has 1 rings (SSSR count). The van der Waals surface area contributed by atoms with Gasteiger partial charge >= 0.3 is 6.18 Å². The van der Waals surface area contributed by atoms with Gasteiger partial charge in [0.05, 0.1) is 0 Å². The summed E-state index contributed by atoms with van der Waals surface area (Å²) in [5.41, 5.74) is 0.497. The molecule has 0 atom stereocenters. The normalized spacial score (nSPS) is 11.6. The van der Waals surface area contributed by atoms with Crippen LogP contribution < -0.4 is 0 Å². The molecule has 0 radical (unpaired) electrons. The van der Waals surface area contributed by atoms with Crippen LogP contribution in [0, 0.1) is 5.82 Å². The number of ketones is 1. The van der Waals surface area contributed by atoms with Gasteiger partial charge in [0.2, 0.25) is 0 Å². The summed E-state index contributed by atoms with van der Waals surface area (Å²) in [4.78, 5) is 11.3. The maximum atomic E-state index is 12.8. The molecule has 100 valence electrons. The van der Waals surface area contributed by atoms with E-state index in [-0.39, 0.29) is 6.42 Å². The Bertz CT molecular complexity index is 432. The number of hydrogen-bond donors (Lipinski definition) is 0. The van der Waals surface area contributed by atoms with Crippen molar-refractivity contribution in [1.29, 1.82) is 0 Å². The topological polar surface area (TPSA) is 26.3 Å². The van der Waals surface area contributed by atoms with Gasteiger partial charge in [-0.05, 0) is 17.7 Å². The van der Waals surface area contributed by atoms with Gasteiger partial charge in [0.25, 0.3) is 0 Å². The van der Waals surface area contributed by atoms with E-state index in [0.29, 0.717) is 10.0 Å². The van der Waals surface area contributed by atoms with Gasteiger partial charge in [-0.15, -0.1) is 0 Å². The van der Waals surface area contributed by atoms with E-state index in [9.17, 15) is 22.4 Å². The van der Waals surface area contributed by atoms with Gasteiger partial charge in [0, 0.05) is 10.9 Å². The molecule has 0 aromatic heterocycles. The number of ether oxygens (including phenoxy) is 1. The molecule has 2 nitrogen and oxygen atoms in total. The lowest BCUT2D eigenvalue weighted by Gasteiger charge is -2.07. The molecule has 1 aromatic carbocycles. The van der Waals surface area contributed by atoms with Crippen molar-refractivity contribution in [2.45, 2.75) is 12.6 Å². The molecule has 0 aliphatic carbocycles. The first kappa shape index (κ1) is 15.1. The Morgan fingerprint density at radius 1 is 1.33 bits per heavy atom. The summed E-state index contributed by atoms with van der Waals surface area (Å²) >= 11 is 3.06. The average molecular weight is 329 g/mol. The fourth-order valence-corrected chi connectivity index (χ4v) is 1.70. The van der Waals surface area contributed by atoms with Crippen molar-refractivity contribution >= 4 is 21.7 Å². The molecule has 7 heteroatoms. The molecule has 0 amide bonds. The summed E-state index contributed by atoms with van der Waals surface area (Å²) in [5, 5.41) is 0. The summed E-state index contributed by atoms with van der Waals surface area (Å²) in [6, 6.07) is 3.74. The van der Waals surface area contributed by atoms with E-state index in [1.807, 2.05) is 0 Å². The van der Waals surface area contributed by atoms with E-state index in [1.165, 1.54) is 18.2 Å². The number of carbonyl (C=O) groups is 1. The number of alkyl halides is 3. The standard InChI is InChI=1S/C11H9BrF4O2/c12-10-4-8(13)2-1-7(10)3-9(17)5-18-6-11(14,15)16/h1-2,4H,3,5-6H2. The molecule has 1 aromatic rings. The van der Waals surface area contributed by atoms with Crippen molar-refractivity contribution in [3.05, 3.63) is 34.1 Å². The maximum Gasteiger partial charge on any atom is 0.411 e. The van der Waals surface area contributed by atoms with Crippen molar-refractivity contribution in [2.24, 2.45) is 0 Å². The number of halogens is 5. The fourth-order valence-electron chi connectivity index (χ4n) is 1.21. The van der Waals surface area contributed by atoms with Crippen LogP contribution in [-0.2, 0) is 16.0 Å². The lowest BCUT2D eigenvalue weighted by atomic mass is 10.1. The van der Waals surface area contributed by atoms with Gasteiger partial charge < -0.3 is 4.74 Å². The first-order valence-corrected chi connectivity index (χ1v) is 5.67. The molecule has 0 saturated heterocycles. The van der Waals surface area contributed by atoms with Crippen molar-refractivity contribution in [2.75, 3.05) is 13.2 Å². The number of rotatable bonds is 5. The Hall–Kier alpha value is -0.950. The minimum Gasteiger partial charge on any atom is -0.364 e. The summed E-state index contributed by atoms with van der Waals surface area (Å²) in [6.45, 7) is -2.08. The maximum absolute atomic E-state index is 12.8. The summed E-state index contributed by atoms with van der Waals surface area (Å²) in [5.74, 6) is -0.974. The predicted molar refractivity (Wildman–Crippen MR) is 59.7 cm³/mol. The van der Waals surface area contributed by atoms with Crippen LogP contribution in [0.2, 0.25) is 0 Å². The quantitative estimate of drug-likeness (QED) is 0.775. The van der Waals surface area contributed by atoms with Gasteiger partial charge in [-0.2, -0.15) is 13.2 Å². The summed E-state index contributed by atoms with van der Waals surface area (Å²) in [7, 11) is 0. The van der Waals surface area contributed by atoms with Crippen LogP contribution in [0.3, 0.4) is 0 Å². The van der Waals surface area contributed by atoms with Crippen molar-refractivity contribution in [3.8, 4) is 0 Å². The molecule has 0 heterocycles. The Morgan fingerprint density at radius 3 is 2.56 bits per heavy atom. The zero-order chi connectivity index (χ0) is 13.8. The molecule has 0 unspecified atom stereocenters. The summed E-state index contributed by atoms with van der Waals surface area (Å²) in [6.07, 6.45) is -4.56. The second-order valence-corrected chi connectivity index (χ2v) is 4.41. The third-order valence-electron chi connectivity index (χ3n) is 1.93. The monoisotopic (exact) mass is 328 g/mol. The lowest BCUT2D eigenvalue weighted by Crippen LogP contribution is -2.21. The van der Waals surface area contributed by atoms with Crippen LogP contribution in [0.1, 0.15) is 5.56 Å². The molecule has 0 aliphatic heterocycles. The molecule has 18 heavy (non-hydrogen) atoms. The smallest absolute Gasteiger partial charge is 0.364 e. The van der Waals surface area contributed by atoms with Crippen molar-refractivity contribution in [1.82, 2.24) is 0 Å². The lowest BCUT2D eigenvalue weighted by molar-refractivity contribution is -0.175. The molecule has 0 aliphatic rings. The predicted octanol–water partition coefficient (Wildman–Crippen LogP) is 3.28. The van der Waals surface area contributed by atoms with Crippen LogP contribution in [0.4, 0.5) is 17.6 Å². The van der Waals surface area contributed by atoms with Crippen molar-refractivity contribution in [3.63, 3.8) is 0 Å². The average Bonchev–Trinajstić information content (AvgIpc) is 2.20. The zero-order valence-electron chi connectivity index (χ0n) is 9.06. The molecule has 0 bridgehead atoms. The van der Waals surface area contributed by atoms with E-state index < -0.39 is 31.0 Å². The van der Waals surface area contributed by atoms with Crippen LogP contribution in [0.5, 0.6) is 0 Å². The number of benzene rings is 1. The minimum absolute atomic E-state index is 0.112. The third-order valence-corrected chi connectivity index (χ3v) is 2.67. The number of hydrogen-bond acceptors (Lipinski definition) is 2. The molecule has 0 spiro atoms. The van der Waals surface area contributed by atoms with E-state index in [1.54, 1.807) is 0 Å². The van der Waals surface area contributed by atoms with Gasteiger partial charge in [0.1, 0.15) is 19.0 Å². The van der Waals surface area contributed by atoms with Gasteiger partial charge in [-0.1, -0.05) is 22.0 Å². The van der Waals surface area contributed by atoms with Crippen LogP contribution >= 0.6 is 15.9 Å². The molecule has 0 saturated carbocycles. The van der Waals surface area contributed by atoms with Gasteiger partial charge in [-0.3, -0.25) is 4.79 Å². The van der Waals surface area contributed by atoms with Crippen LogP contribution in [0.15, 0.2) is 22.7 Å². The largest absolute Gasteiger partial charge is 0.411 e. The first-order chi connectivity index (χ1) is 8.28. The highest BCUT2D eigenvalue weighted by Crippen LogP contribution is 2.19. The number of carbonyl (C=O) groups excluding carboxylic acids is 1.